The molecule has 9 heteroatoms. The molecule has 4 aromatic rings. The first-order valence-electron chi connectivity index (χ1n) is 10.7. The first-order chi connectivity index (χ1) is 16.3. The van der Waals surface area contributed by atoms with Crippen molar-refractivity contribution >= 4 is 27.3 Å². The Morgan fingerprint density at radius 1 is 0.941 bits per heavy atom. The van der Waals surface area contributed by atoms with E-state index < -0.39 is 10.0 Å². The topological polar surface area (TPSA) is 114 Å². The van der Waals surface area contributed by atoms with Crippen molar-refractivity contribution in [3.8, 4) is 11.4 Å². The molecule has 34 heavy (non-hydrogen) atoms. The van der Waals surface area contributed by atoms with Crippen molar-refractivity contribution in [3.05, 3.63) is 89.8 Å². The molecule has 0 radical (unpaired) electrons. The number of amides is 1. The van der Waals surface area contributed by atoms with Crippen LogP contribution >= 0.6 is 0 Å². The average molecular weight is 477 g/mol. The highest BCUT2D eigenvalue weighted by Crippen LogP contribution is 2.24. The standard InChI is InChI=1S/C25H24N4O4S/c1-17-7-6-10-21(15-17)29-34(31,32)22-16-20(12-11-18(22)2)26-23(30)13-14-24-27-25(28-33-24)19-8-4-3-5-9-19/h3-12,15-16,29H,13-14H2,1-2H3,(H,26,30). The van der Waals surface area contributed by atoms with Crippen LogP contribution in [0.1, 0.15) is 23.4 Å². The van der Waals surface area contributed by atoms with E-state index in [4.69, 9.17) is 4.52 Å². The molecule has 0 atom stereocenters. The Balaban J connectivity index is 1.41. The molecule has 0 aliphatic rings. The van der Waals surface area contributed by atoms with Gasteiger partial charge in [-0.25, -0.2) is 8.42 Å². The van der Waals surface area contributed by atoms with Gasteiger partial charge in [0.05, 0.1) is 4.90 Å². The Hall–Kier alpha value is -3.98. The van der Waals surface area contributed by atoms with Crippen LogP contribution in [0.5, 0.6) is 0 Å². The number of nitrogens with one attached hydrogen (secondary N) is 2. The van der Waals surface area contributed by atoms with Crippen LogP contribution < -0.4 is 10.0 Å². The molecule has 0 saturated heterocycles. The van der Waals surface area contributed by atoms with Crippen molar-refractivity contribution in [1.82, 2.24) is 10.1 Å². The molecule has 0 spiro atoms. The number of benzene rings is 3. The van der Waals surface area contributed by atoms with Gasteiger partial charge in [0.25, 0.3) is 10.0 Å². The number of hydrogen-bond acceptors (Lipinski definition) is 6. The second-order valence-electron chi connectivity index (χ2n) is 7.88. The van der Waals surface area contributed by atoms with Crippen molar-refractivity contribution in [2.24, 2.45) is 0 Å². The van der Waals surface area contributed by atoms with E-state index in [-0.39, 0.29) is 23.6 Å². The number of carbonyl (C=O) groups excluding carboxylic acids is 1. The van der Waals surface area contributed by atoms with Gasteiger partial charge in [0.2, 0.25) is 17.6 Å². The summed E-state index contributed by atoms with van der Waals surface area (Å²) in [4.78, 5) is 16.9. The molecule has 0 aliphatic heterocycles. The predicted molar refractivity (Wildman–Crippen MR) is 130 cm³/mol. The van der Waals surface area contributed by atoms with Gasteiger partial charge in [-0.2, -0.15) is 4.98 Å². The third-order valence-electron chi connectivity index (χ3n) is 5.10. The van der Waals surface area contributed by atoms with Crippen molar-refractivity contribution in [2.45, 2.75) is 31.6 Å². The zero-order valence-corrected chi connectivity index (χ0v) is 19.6. The Labute approximate surface area is 198 Å². The molecule has 0 bridgehead atoms. The summed E-state index contributed by atoms with van der Waals surface area (Å²) in [7, 11) is -3.83. The minimum atomic E-state index is -3.83. The number of hydrogen-bond donors (Lipinski definition) is 2. The zero-order valence-electron chi connectivity index (χ0n) is 18.8. The summed E-state index contributed by atoms with van der Waals surface area (Å²) in [5.74, 6) is 0.521. The van der Waals surface area contributed by atoms with Crippen LogP contribution in [0.4, 0.5) is 11.4 Å². The van der Waals surface area contributed by atoms with Crippen LogP contribution in [0.2, 0.25) is 0 Å². The molecule has 1 heterocycles. The summed E-state index contributed by atoms with van der Waals surface area (Å²) in [5.41, 5.74) is 3.20. The molecule has 4 rings (SSSR count). The number of anilines is 2. The van der Waals surface area contributed by atoms with E-state index >= 15 is 0 Å². The number of aryl methyl sites for hydroxylation is 3. The van der Waals surface area contributed by atoms with E-state index in [1.807, 2.05) is 43.3 Å². The first kappa shape index (κ1) is 23.2. The monoisotopic (exact) mass is 476 g/mol. The van der Waals surface area contributed by atoms with Crippen molar-refractivity contribution in [2.75, 3.05) is 10.0 Å². The Morgan fingerprint density at radius 3 is 2.50 bits per heavy atom. The molecule has 3 aromatic carbocycles. The molecule has 1 aromatic heterocycles. The molecule has 2 N–H and O–H groups in total. The van der Waals surface area contributed by atoms with E-state index in [0.29, 0.717) is 28.7 Å². The van der Waals surface area contributed by atoms with Crippen LogP contribution in [0.25, 0.3) is 11.4 Å². The highest BCUT2D eigenvalue weighted by Gasteiger charge is 2.19. The smallest absolute Gasteiger partial charge is 0.262 e. The third kappa shape index (κ3) is 5.68. The average Bonchev–Trinajstić information content (AvgIpc) is 3.28. The Bertz CT molecular complexity index is 1420. The van der Waals surface area contributed by atoms with Crippen LogP contribution in [-0.2, 0) is 21.2 Å². The normalized spacial score (nSPS) is 11.2. The lowest BCUT2D eigenvalue weighted by molar-refractivity contribution is -0.116. The van der Waals surface area contributed by atoms with Gasteiger partial charge in [0.15, 0.2) is 0 Å². The molecule has 1 amide bonds. The van der Waals surface area contributed by atoms with Crippen LogP contribution in [-0.4, -0.2) is 24.5 Å². The minimum absolute atomic E-state index is 0.0937. The SMILES string of the molecule is Cc1cccc(NS(=O)(=O)c2cc(NC(=O)CCc3nc(-c4ccccc4)no3)ccc2C)c1. The van der Waals surface area contributed by atoms with Crippen LogP contribution in [0, 0.1) is 13.8 Å². The molecular weight excluding hydrogens is 452 g/mol. The molecular formula is C25H24N4O4S. The van der Waals surface area contributed by atoms with Crippen molar-refractivity contribution in [3.63, 3.8) is 0 Å². The van der Waals surface area contributed by atoms with E-state index in [0.717, 1.165) is 11.1 Å². The van der Waals surface area contributed by atoms with Gasteiger partial charge in [0, 0.05) is 29.8 Å². The fourth-order valence-corrected chi connectivity index (χ4v) is 4.71. The predicted octanol–water partition coefficient (Wildman–Crippen LogP) is 4.73. The number of aromatic nitrogens is 2. The molecule has 0 unspecified atom stereocenters. The maximum atomic E-state index is 13.0. The van der Waals surface area contributed by atoms with Gasteiger partial charge in [-0.05, 0) is 49.2 Å². The van der Waals surface area contributed by atoms with Gasteiger partial charge < -0.3 is 9.84 Å². The number of sulfonamides is 1. The molecule has 0 aliphatic carbocycles. The minimum Gasteiger partial charge on any atom is -0.339 e. The zero-order chi connectivity index (χ0) is 24.1. The van der Waals surface area contributed by atoms with Gasteiger partial charge >= 0.3 is 0 Å². The summed E-state index contributed by atoms with van der Waals surface area (Å²) in [6.45, 7) is 3.59. The number of carbonyl (C=O) groups is 1. The lowest BCUT2D eigenvalue weighted by Crippen LogP contribution is -2.16. The highest BCUT2D eigenvalue weighted by atomic mass is 32.2. The van der Waals surface area contributed by atoms with Gasteiger partial charge in [0.1, 0.15) is 0 Å². The highest BCUT2D eigenvalue weighted by molar-refractivity contribution is 7.92. The van der Waals surface area contributed by atoms with Crippen LogP contribution in [0.15, 0.2) is 82.2 Å². The van der Waals surface area contributed by atoms with E-state index in [1.165, 1.54) is 6.07 Å². The number of nitrogens with zero attached hydrogens (tertiary/aromatic N) is 2. The molecule has 174 valence electrons. The van der Waals surface area contributed by atoms with E-state index in [1.54, 1.807) is 37.3 Å². The molecule has 0 saturated carbocycles. The fraction of sp³-hybridized carbons (Fsp3) is 0.160. The lowest BCUT2D eigenvalue weighted by Gasteiger charge is -2.13. The van der Waals surface area contributed by atoms with Gasteiger partial charge in [-0.15, -0.1) is 0 Å². The quantitative estimate of drug-likeness (QED) is 0.380. The Kier molecular flexibility index (Phi) is 6.74. The lowest BCUT2D eigenvalue weighted by atomic mass is 10.2. The fourth-order valence-electron chi connectivity index (χ4n) is 3.39. The van der Waals surface area contributed by atoms with Crippen molar-refractivity contribution in [1.29, 1.82) is 0 Å². The number of rotatable bonds is 8. The summed E-state index contributed by atoms with van der Waals surface area (Å²) in [6, 6.07) is 21.3. The van der Waals surface area contributed by atoms with Gasteiger partial charge in [-0.3, -0.25) is 9.52 Å². The second kappa shape index (κ2) is 9.88. The first-order valence-corrected chi connectivity index (χ1v) is 12.2. The molecule has 8 nitrogen and oxygen atoms in total. The largest absolute Gasteiger partial charge is 0.339 e. The van der Waals surface area contributed by atoms with E-state index in [9.17, 15) is 13.2 Å². The summed E-state index contributed by atoms with van der Waals surface area (Å²) in [6.07, 6.45) is 0.367. The maximum Gasteiger partial charge on any atom is 0.262 e. The van der Waals surface area contributed by atoms with E-state index in [2.05, 4.69) is 20.2 Å². The summed E-state index contributed by atoms with van der Waals surface area (Å²) < 4.78 is 33.7. The Morgan fingerprint density at radius 2 is 1.74 bits per heavy atom. The second-order valence-corrected chi connectivity index (χ2v) is 9.53. The van der Waals surface area contributed by atoms with Crippen LogP contribution in [0.3, 0.4) is 0 Å². The van der Waals surface area contributed by atoms with Gasteiger partial charge in [-0.1, -0.05) is 53.7 Å². The summed E-state index contributed by atoms with van der Waals surface area (Å²) in [5, 5.41) is 6.69. The molecule has 0 fully saturated rings. The third-order valence-corrected chi connectivity index (χ3v) is 6.62. The maximum absolute atomic E-state index is 13.0. The van der Waals surface area contributed by atoms with Crippen molar-refractivity contribution < 1.29 is 17.7 Å². The summed E-state index contributed by atoms with van der Waals surface area (Å²) >= 11 is 0.